The number of thioether (sulfide) groups is 1. The highest BCUT2D eigenvalue weighted by molar-refractivity contribution is 8.18. The monoisotopic (exact) mass is 455 g/mol. The molecule has 2 aromatic rings. The number of hydrogen-bond acceptors (Lipinski definition) is 5. The third-order valence-corrected chi connectivity index (χ3v) is 7.45. The minimum atomic E-state index is -3.76. The van der Waals surface area contributed by atoms with Crippen molar-refractivity contribution in [2.75, 3.05) is 0 Å². The Morgan fingerprint density at radius 2 is 1.68 bits per heavy atom. The molecule has 0 unspecified atom stereocenters. The number of rotatable bonds is 4. The SMILES string of the molecule is Cc1ccc(C=C2S/C(=N\c3ccc(S(N)(=O)=O)cc3)N(C3CCCCC3)C2=O)cc1. The Kier molecular flexibility index (Phi) is 6.31. The third-order valence-electron chi connectivity index (χ3n) is 5.54. The van der Waals surface area contributed by atoms with Crippen LogP contribution in [0.4, 0.5) is 5.69 Å². The molecule has 2 fully saturated rings. The summed E-state index contributed by atoms with van der Waals surface area (Å²) in [5, 5.41) is 5.82. The van der Waals surface area contributed by atoms with Gasteiger partial charge in [-0.25, -0.2) is 18.5 Å². The smallest absolute Gasteiger partial charge is 0.267 e. The fraction of sp³-hybridized carbons (Fsp3) is 0.304. The van der Waals surface area contributed by atoms with E-state index in [0.29, 0.717) is 15.8 Å². The predicted octanol–water partition coefficient (Wildman–Crippen LogP) is 4.58. The number of hydrogen-bond donors (Lipinski definition) is 1. The quantitative estimate of drug-likeness (QED) is 0.683. The first-order valence-corrected chi connectivity index (χ1v) is 12.7. The standard InChI is InChI=1S/C23H25N3O3S2/c1-16-7-9-17(10-8-16)15-21-22(27)26(19-5-3-2-4-6-19)23(30-21)25-18-11-13-20(14-12-18)31(24,28)29/h7-15,19H,2-6H2,1H3,(H2,24,28,29)/b21-15?,25-23-. The van der Waals surface area contributed by atoms with E-state index < -0.39 is 10.0 Å². The van der Waals surface area contributed by atoms with E-state index in [2.05, 4.69) is 0 Å². The first-order chi connectivity index (χ1) is 14.8. The molecule has 0 aromatic heterocycles. The molecular formula is C23H25N3O3S2. The first kappa shape index (κ1) is 21.8. The number of amidine groups is 1. The summed E-state index contributed by atoms with van der Waals surface area (Å²) in [6, 6.07) is 14.3. The van der Waals surface area contributed by atoms with E-state index in [0.717, 1.165) is 31.2 Å². The van der Waals surface area contributed by atoms with Gasteiger partial charge in [0.1, 0.15) is 0 Å². The van der Waals surface area contributed by atoms with Crippen LogP contribution in [-0.2, 0) is 14.8 Å². The van der Waals surface area contributed by atoms with Crippen molar-refractivity contribution in [1.82, 2.24) is 4.90 Å². The lowest BCUT2D eigenvalue weighted by Crippen LogP contribution is -2.40. The number of nitrogens with zero attached hydrogens (tertiary/aromatic N) is 2. The van der Waals surface area contributed by atoms with E-state index in [1.54, 1.807) is 12.1 Å². The largest absolute Gasteiger partial charge is 0.283 e. The average Bonchev–Trinajstić information content (AvgIpc) is 3.04. The minimum absolute atomic E-state index is 0.0163. The van der Waals surface area contributed by atoms with Crippen LogP contribution in [0.1, 0.15) is 43.2 Å². The molecule has 0 spiro atoms. The van der Waals surface area contributed by atoms with Crippen LogP contribution in [0.2, 0.25) is 0 Å². The summed E-state index contributed by atoms with van der Waals surface area (Å²) < 4.78 is 23.0. The zero-order valence-electron chi connectivity index (χ0n) is 17.3. The van der Waals surface area contributed by atoms with Crippen LogP contribution >= 0.6 is 11.8 Å². The summed E-state index contributed by atoms with van der Waals surface area (Å²) >= 11 is 1.37. The number of benzene rings is 2. The second-order valence-corrected chi connectivity index (χ2v) is 10.5. The number of nitrogens with two attached hydrogens (primary N) is 1. The highest BCUT2D eigenvalue weighted by Crippen LogP contribution is 2.38. The molecule has 6 nitrogen and oxygen atoms in total. The van der Waals surface area contributed by atoms with Gasteiger partial charge in [0, 0.05) is 6.04 Å². The summed E-state index contributed by atoms with van der Waals surface area (Å²) in [6.07, 6.45) is 7.24. The molecule has 0 atom stereocenters. The normalized spacial score (nSPS) is 20.7. The Morgan fingerprint density at radius 3 is 2.29 bits per heavy atom. The van der Waals surface area contributed by atoms with Gasteiger partial charge in [-0.3, -0.25) is 9.69 Å². The van der Waals surface area contributed by atoms with Crippen LogP contribution in [0.25, 0.3) is 6.08 Å². The van der Waals surface area contributed by atoms with Crippen LogP contribution < -0.4 is 5.14 Å². The molecule has 1 heterocycles. The zero-order chi connectivity index (χ0) is 22.0. The van der Waals surface area contributed by atoms with Crippen molar-refractivity contribution in [2.45, 2.75) is 50.0 Å². The molecule has 1 aliphatic carbocycles. The molecule has 1 saturated heterocycles. The molecular weight excluding hydrogens is 430 g/mol. The molecule has 2 aliphatic rings. The average molecular weight is 456 g/mol. The van der Waals surface area contributed by atoms with Gasteiger partial charge in [0.15, 0.2) is 5.17 Å². The number of aliphatic imine (C=N–C) groups is 1. The van der Waals surface area contributed by atoms with Crippen LogP contribution in [0.15, 0.2) is 63.3 Å². The van der Waals surface area contributed by atoms with Gasteiger partial charge in [0.25, 0.3) is 5.91 Å². The molecule has 4 rings (SSSR count). The number of amides is 1. The molecule has 1 amide bonds. The Labute approximate surface area is 187 Å². The molecule has 8 heteroatoms. The Morgan fingerprint density at radius 1 is 1.03 bits per heavy atom. The number of sulfonamides is 1. The van der Waals surface area contributed by atoms with E-state index in [9.17, 15) is 13.2 Å². The molecule has 1 saturated carbocycles. The molecule has 1 aliphatic heterocycles. The van der Waals surface area contributed by atoms with Crippen LogP contribution in [0.3, 0.4) is 0 Å². The maximum absolute atomic E-state index is 13.3. The van der Waals surface area contributed by atoms with Gasteiger partial charge in [0.2, 0.25) is 10.0 Å². The highest BCUT2D eigenvalue weighted by atomic mass is 32.2. The van der Waals surface area contributed by atoms with Crippen molar-refractivity contribution < 1.29 is 13.2 Å². The van der Waals surface area contributed by atoms with Crippen molar-refractivity contribution in [2.24, 2.45) is 10.1 Å². The van der Waals surface area contributed by atoms with Crippen LogP contribution in [0, 0.1) is 6.92 Å². The lowest BCUT2D eigenvalue weighted by Gasteiger charge is -2.30. The van der Waals surface area contributed by atoms with E-state index in [1.807, 2.05) is 42.2 Å². The number of primary sulfonamides is 1. The van der Waals surface area contributed by atoms with Gasteiger partial charge < -0.3 is 0 Å². The number of carbonyl (C=O) groups is 1. The van der Waals surface area contributed by atoms with Gasteiger partial charge in [-0.15, -0.1) is 0 Å². The second-order valence-electron chi connectivity index (χ2n) is 7.92. The maximum atomic E-state index is 13.3. The van der Waals surface area contributed by atoms with Crippen molar-refractivity contribution >= 4 is 44.6 Å². The Bertz CT molecular complexity index is 1130. The van der Waals surface area contributed by atoms with Gasteiger partial charge in [-0.05, 0) is 67.4 Å². The summed E-state index contributed by atoms with van der Waals surface area (Å²) in [5.41, 5.74) is 2.73. The summed E-state index contributed by atoms with van der Waals surface area (Å²) in [7, 11) is -3.76. The number of aryl methyl sites for hydroxylation is 1. The van der Waals surface area contributed by atoms with Crippen LogP contribution in [-0.4, -0.2) is 30.4 Å². The molecule has 162 valence electrons. The molecule has 0 radical (unpaired) electrons. The predicted molar refractivity (Wildman–Crippen MR) is 125 cm³/mol. The van der Waals surface area contributed by atoms with Crippen molar-refractivity contribution in [1.29, 1.82) is 0 Å². The third kappa shape index (κ3) is 5.08. The van der Waals surface area contributed by atoms with E-state index >= 15 is 0 Å². The number of carbonyl (C=O) groups excluding carboxylic acids is 1. The van der Waals surface area contributed by atoms with Gasteiger partial charge in [-0.1, -0.05) is 49.1 Å². The van der Waals surface area contributed by atoms with Gasteiger partial charge in [0.05, 0.1) is 15.5 Å². The summed E-state index contributed by atoms with van der Waals surface area (Å²) in [4.78, 5) is 20.5. The Hall–Kier alpha value is -2.42. The van der Waals surface area contributed by atoms with Gasteiger partial charge in [-0.2, -0.15) is 0 Å². The molecule has 2 N–H and O–H groups in total. The van der Waals surface area contributed by atoms with Crippen molar-refractivity contribution in [3.63, 3.8) is 0 Å². The maximum Gasteiger partial charge on any atom is 0.267 e. The van der Waals surface area contributed by atoms with E-state index in [-0.39, 0.29) is 16.8 Å². The molecule has 0 bridgehead atoms. The minimum Gasteiger partial charge on any atom is -0.283 e. The molecule has 2 aromatic carbocycles. The van der Waals surface area contributed by atoms with Crippen molar-refractivity contribution in [3.8, 4) is 0 Å². The summed E-state index contributed by atoms with van der Waals surface area (Å²) in [6.45, 7) is 2.03. The van der Waals surface area contributed by atoms with E-state index in [4.69, 9.17) is 10.1 Å². The lowest BCUT2D eigenvalue weighted by atomic mass is 9.94. The lowest BCUT2D eigenvalue weighted by molar-refractivity contribution is -0.124. The van der Waals surface area contributed by atoms with Crippen LogP contribution in [0.5, 0.6) is 0 Å². The first-order valence-electron chi connectivity index (χ1n) is 10.3. The fourth-order valence-electron chi connectivity index (χ4n) is 3.86. The fourth-order valence-corrected chi connectivity index (χ4v) is 5.43. The highest BCUT2D eigenvalue weighted by Gasteiger charge is 2.38. The van der Waals surface area contributed by atoms with E-state index in [1.165, 1.54) is 35.9 Å². The zero-order valence-corrected chi connectivity index (χ0v) is 19.0. The second kappa shape index (κ2) is 8.98. The van der Waals surface area contributed by atoms with Crippen molar-refractivity contribution in [3.05, 3.63) is 64.6 Å². The topological polar surface area (TPSA) is 92.8 Å². The Balaban J connectivity index is 1.68. The molecule has 31 heavy (non-hydrogen) atoms. The summed E-state index contributed by atoms with van der Waals surface area (Å²) in [5.74, 6) is -0.0163. The van der Waals surface area contributed by atoms with Gasteiger partial charge >= 0.3 is 0 Å².